The van der Waals surface area contributed by atoms with E-state index in [1.807, 2.05) is 11.8 Å². The summed E-state index contributed by atoms with van der Waals surface area (Å²) in [6.07, 6.45) is 4.12. The highest BCUT2D eigenvalue weighted by Crippen LogP contribution is 2.27. The molecule has 0 bridgehead atoms. The van der Waals surface area contributed by atoms with Gasteiger partial charge in [-0.1, -0.05) is 35.4 Å². The Balaban J connectivity index is 2.03. The SMILES string of the molecule is Cc1cc(C)c(N=CC(C)SC(C)C=Nc2c(C)cc(C)cc2C)c(C)c1. The molecule has 0 fully saturated rings. The predicted molar refractivity (Wildman–Crippen MR) is 124 cm³/mol. The van der Waals surface area contributed by atoms with Crippen LogP contribution in [0.3, 0.4) is 0 Å². The van der Waals surface area contributed by atoms with E-state index in [9.17, 15) is 0 Å². The lowest BCUT2D eigenvalue weighted by molar-refractivity contribution is 1.24. The van der Waals surface area contributed by atoms with Crippen LogP contribution in [0.2, 0.25) is 0 Å². The van der Waals surface area contributed by atoms with Crippen LogP contribution in [0.1, 0.15) is 47.2 Å². The fourth-order valence-corrected chi connectivity index (χ4v) is 4.46. The quantitative estimate of drug-likeness (QED) is 0.488. The average Bonchev–Trinajstić information content (AvgIpc) is 2.52. The first-order chi connectivity index (χ1) is 12.7. The van der Waals surface area contributed by atoms with Gasteiger partial charge >= 0.3 is 0 Å². The zero-order chi connectivity index (χ0) is 20.1. The van der Waals surface area contributed by atoms with E-state index >= 15 is 0 Å². The lowest BCUT2D eigenvalue weighted by Crippen LogP contribution is -2.07. The molecule has 0 spiro atoms. The summed E-state index contributed by atoms with van der Waals surface area (Å²) in [6.45, 7) is 17.2. The molecule has 3 heteroatoms. The number of rotatable bonds is 6. The van der Waals surface area contributed by atoms with E-state index in [-0.39, 0.29) is 0 Å². The molecule has 2 rings (SSSR count). The average molecular weight is 381 g/mol. The molecule has 0 amide bonds. The second-order valence-corrected chi connectivity index (χ2v) is 9.36. The Kier molecular flexibility index (Phi) is 7.43. The van der Waals surface area contributed by atoms with Gasteiger partial charge in [0.05, 0.1) is 11.4 Å². The predicted octanol–water partition coefficient (Wildman–Crippen LogP) is 7.15. The third kappa shape index (κ3) is 6.07. The molecule has 0 saturated heterocycles. The molecule has 2 unspecified atom stereocenters. The maximum Gasteiger partial charge on any atom is 0.0684 e. The topological polar surface area (TPSA) is 24.7 Å². The number of hydrogen-bond acceptors (Lipinski definition) is 3. The lowest BCUT2D eigenvalue weighted by Gasteiger charge is -2.12. The number of benzene rings is 2. The molecule has 27 heavy (non-hydrogen) atoms. The molecular weight excluding hydrogens is 348 g/mol. The van der Waals surface area contributed by atoms with E-state index in [1.54, 1.807) is 0 Å². The van der Waals surface area contributed by atoms with Gasteiger partial charge in [-0.15, -0.1) is 11.8 Å². The number of nitrogens with zero attached hydrogens (tertiary/aromatic N) is 2. The molecule has 0 N–H and O–H groups in total. The van der Waals surface area contributed by atoms with Crippen molar-refractivity contribution in [1.82, 2.24) is 0 Å². The van der Waals surface area contributed by atoms with Crippen molar-refractivity contribution in [2.75, 3.05) is 0 Å². The van der Waals surface area contributed by atoms with E-state index in [4.69, 9.17) is 9.98 Å². The Hall–Kier alpha value is -1.87. The molecule has 0 heterocycles. The molecule has 0 aromatic heterocycles. The Morgan fingerprint density at radius 3 is 1.22 bits per heavy atom. The van der Waals surface area contributed by atoms with Crippen LogP contribution in [0, 0.1) is 41.5 Å². The summed E-state index contributed by atoms with van der Waals surface area (Å²) in [4.78, 5) is 9.53. The standard InChI is InChI=1S/C24H32N2S/c1-15-9-17(3)23(18(4)10-15)25-13-21(7)27-22(8)14-26-24-19(5)11-16(2)12-20(24)6/h9-14,21-22H,1-8H3. The first kappa shape index (κ1) is 21.4. The second kappa shape index (κ2) is 9.36. The highest BCUT2D eigenvalue weighted by molar-refractivity contribution is 8.01. The van der Waals surface area contributed by atoms with Gasteiger partial charge in [0.15, 0.2) is 0 Å². The van der Waals surface area contributed by atoms with Crippen molar-refractivity contribution in [2.45, 2.75) is 65.9 Å². The van der Waals surface area contributed by atoms with Crippen molar-refractivity contribution in [2.24, 2.45) is 9.98 Å². The minimum Gasteiger partial charge on any atom is -0.260 e. The van der Waals surface area contributed by atoms with Crippen molar-refractivity contribution in [3.63, 3.8) is 0 Å². The van der Waals surface area contributed by atoms with Crippen molar-refractivity contribution in [3.05, 3.63) is 57.6 Å². The summed E-state index contributed by atoms with van der Waals surface area (Å²) in [5, 5.41) is 0.651. The van der Waals surface area contributed by atoms with E-state index in [2.05, 4.69) is 92.1 Å². The third-order valence-corrected chi connectivity index (χ3v) is 5.63. The Bertz CT molecular complexity index is 747. The van der Waals surface area contributed by atoms with E-state index in [1.165, 1.54) is 33.4 Å². The molecule has 2 nitrogen and oxygen atoms in total. The third-order valence-electron chi connectivity index (χ3n) is 4.53. The number of hydrogen-bond donors (Lipinski definition) is 0. The summed E-state index contributed by atoms with van der Waals surface area (Å²) >= 11 is 1.87. The van der Waals surface area contributed by atoms with Crippen LogP contribution in [0.15, 0.2) is 34.3 Å². The molecule has 0 saturated carbocycles. The first-order valence-electron chi connectivity index (χ1n) is 9.57. The summed E-state index contributed by atoms with van der Waals surface area (Å²) in [5.74, 6) is 0. The van der Waals surface area contributed by atoms with Gasteiger partial charge in [-0.2, -0.15) is 0 Å². The van der Waals surface area contributed by atoms with Crippen molar-refractivity contribution < 1.29 is 0 Å². The van der Waals surface area contributed by atoms with Gasteiger partial charge in [-0.05, 0) is 77.6 Å². The van der Waals surface area contributed by atoms with Crippen LogP contribution in [0.4, 0.5) is 11.4 Å². The zero-order valence-corrected chi connectivity index (χ0v) is 18.7. The largest absolute Gasteiger partial charge is 0.260 e. The van der Waals surface area contributed by atoms with Crippen molar-refractivity contribution >= 4 is 35.6 Å². The van der Waals surface area contributed by atoms with Gasteiger partial charge in [0.1, 0.15) is 0 Å². The van der Waals surface area contributed by atoms with Gasteiger partial charge in [0, 0.05) is 22.9 Å². The highest BCUT2D eigenvalue weighted by atomic mass is 32.2. The minimum absolute atomic E-state index is 0.326. The van der Waals surface area contributed by atoms with Crippen LogP contribution in [0.5, 0.6) is 0 Å². The van der Waals surface area contributed by atoms with E-state index in [0.29, 0.717) is 10.5 Å². The van der Waals surface area contributed by atoms with Crippen LogP contribution in [-0.4, -0.2) is 22.9 Å². The van der Waals surface area contributed by atoms with Crippen LogP contribution >= 0.6 is 11.8 Å². The van der Waals surface area contributed by atoms with Gasteiger partial charge in [0.2, 0.25) is 0 Å². The Morgan fingerprint density at radius 1 is 0.630 bits per heavy atom. The number of aryl methyl sites for hydroxylation is 6. The first-order valence-corrected chi connectivity index (χ1v) is 10.5. The molecular formula is C24H32N2S. The number of thioether (sulfide) groups is 1. The van der Waals surface area contributed by atoms with Crippen molar-refractivity contribution in [1.29, 1.82) is 0 Å². The molecule has 2 atom stereocenters. The van der Waals surface area contributed by atoms with Crippen LogP contribution < -0.4 is 0 Å². The molecule has 2 aromatic rings. The maximum absolute atomic E-state index is 4.77. The fraction of sp³-hybridized carbons (Fsp3) is 0.417. The van der Waals surface area contributed by atoms with Gasteiger partial charge < -0.3 is 0 Å². The highest BCUT2D eigenvalue weighted by Gasteiger charge is 2.08. The maximum atomic E-state index is 4.77. The van der Waals surface area contributed by atoms with Gasteiger partial charge in [-0.3, -0.25) is 9.98 Å². The molecule has 0 aliphatic carbocycles. The second-order valence-electron chi connectivity index (χ2n) is 7.60. The summed E-state index contributed by atoms with van der Waals surface area (Å²) < 4.78 is 0. The molecule has 0 radical (unpaired) electrons. The Labute approximate surface area is 169 Å². The minimum atomic E-state index is 0.326. The number of aliphatic imine (C=N–C) groups is 2. The summed E-state index contributed by atoms with van der Waals surface area (Å²) in [6, 6.07) is 8.77. The lowest BCUT2D eigenvalue weighted by atomic mass is 10.1. The zero-order valence-electron chi connectivity index (χ0n) is 17.9. The van der Waals surface area contributed by atoms with Crippen molar-refractivity contribution in [3.8, 4) is 0 Å². The molecule has 2 aromatic carbocycles. The van der Waals surface area contributed by atoms with Gasteiger partial charge in [-0.25, -0.2) is 0 Å². The normalized spacial score (nSPS) is 14.2. The molecule has 0 aliphatic rings. The fourth-order valence-electron chi connectivity index (χ4n) is 3.52. The van der Waals surface area contributed by atoms with Gasteiger partial charge in [0.25, 0.3) is 0 Å². The van der Waals surface area contributed by atoms with E-state index < -0.39 is 0 Å². The summed E-state index contributed by atoms with van der Waals surface area (Å²) in [7, 11) is 0. The Morgan fingerprint density at radius 2 is 0.926 bits per heavy atom. The van der Waals surface area contributed by atoms with Crippen LogP contribution in [-0.2, 0) is 0 Å². The molecule has 144 valence electrons. The molecule has 0 aliphatic heterocycles. The van der Waals surface area contributed by atoms with E-state index in [0.717, 1.165) is 11.4 Å². The monoisotopic (exact) mass is 380 g/mol. The van der Waals surface area contributed by atoms with Crippen LogP contribution in [0.25, 0.3) is 0 Å². The smallest absolute Gasteiger partial charge is 0.0684 e. The summed E-state index contributed by atoms with van der Waals surface area (Å²) in [5.41, 5.74) is 9.72.